The molecule has 2 aliphatic carbocycles. The molecule has 0 aliphatic heterocycles. The van der Waals surface area contributed by atoms with Gasteiger partial charge in [-0.1, -0.05) is 0 Å². The molecule has 0 bridgehead atoms. The molecule has 0 saturated heterocycles. The van der Waals surface area contributed by atoms with Crippen molar-refractivity contribution in [2.75, 3.05) is 0 Å². The second-order valence-corrected chi connectivity index (χ2v) is 7.73. The molecule has 0 nitrogen and oxygen atoms in total. The molecule has 0 N–H and O–H groups in total. The van der Waals surface area contributed by atoms with Crippen LogP contribution < -0.4 is 0 Å². The van der Waals surface area contributed by atoms with Crippen molar-refractivity contribution in [1.82, 2.24) is 0 Å². The van der Waals surface area contributed by atoms with Crippen molar-refractivity contribution in [3.8, 4) is 0 Å². The summed E-state index contributed by atoms with van der Waals surface area (Å²) in [5, 5.41) is 0. The van der Waals surface area contributed by atoms with Crippen LogP contribution in [0, 0.1) is 11.8 Å². The van der Waals surface area contributed by atoms with E-state index in [4.69, 9.17) is 0 Å². The molecule has 0 unspecified atom stereocenters. The minimum absolute atomic E-state index is 0.576. The van der Waals surface area contributed by atoms with Crippen LogP contribution in [0.5, 0.6) is 0 Å². The van der Waals surface area contributed by atoms with Crippen LogP contribution in [-0.2, 0) is 15.2 Å². The van der Waals surface area contributed by atoms with E-state index in [1.807, 2.05) is 0 Å². The van der Waals surface area contributed by atoms with E-state index in [0.717, 1.165) is 0 Å². The van der Waals surface area contributed by atoms with E-state index in [1.165, 1.54) is 12.8 Å². The molecule has 0 amide bonds. The Hall–Kier alpha value is -0.723. The molecule has 124 valence electrons. The summed E-state index contributed by atoms with van der Waals surface area (Å²) in [7, 11) is -6.00. The Morgan fingerprint density at radius 2 is 1.14 bits per heavy atom. The molecule has 0 aromatic heterocycles. The van der Waals surface area contributed by atoms with Gasteiger partial charge in [0.25, 0.3) is 0 Å². The van der Waals surface area contributed by atoms with Gasteiger partial charge in [0.15, 0.2) is 0 Å². The number of hydrogen-bond donors (Lipinski definition) is 0. The van der Waals surface area contributed by atoms with Crippen LogP contribution in [0.15, 0.2) is 44.3 Å². The summed E-state index contributed by atoms with van der Waals surface area (Å²) in [6, 6.07) is 0. The van der Waals surface area contributed by atoms with Gasteiger partial charge >= 0.3 is 119 Å². The Morgan fingerprint density at radius 1 is 0.818 bits per heavy atom. The number of halogens is 4. The first-order valence-corrected chi connectivity index (χ1v) is 8.71. The maximum absolute atomic E-state index is 9.75. The van der Waals surface area contributed by atoms with Crippen LogP contribution in [0.4, 0.5) is 17.3 Å². The van der Waals surface area contributed by atoms with Crippen molar-refractivity contribution >= 4 is 7.25 Å². The average Bonchev–Trinajstić information content (AvgIpc) is 2.95. The molecule has 22 heavy (non-hydrogen) atoms. The molecular weight excluding hydrogens is 331 g/mol. The van der Waals surface area contributed by atoms with Gasteiger partial charge in [0, 0.05) is 0 Å². The quantitative estimate of drug-likeness (QED) is 0.423. The zero-order chi connectivity index (χ0) is 16.9. The summed E-state index contributed by atoms with van der Waals surface area (Å²) >= 11 is 0.576. The molecule has 0 fully saturated rings. The van der Waals surface area contributed by atoms with Crippen molar-refractivity contribution in [3.63, 3.8) is 0 Å². The van der Waals surface area contributed by atoms with Crippen LogP contribution in [0.2, 0.25) is 0 Å². The van der Waals surface area contributed by atoms with Crippen molar-refractivity contribution in [2.24, 2.45) is 11.8 Å². The van der Waals surface area contributed by atoms with Crippen LogP contribution in [0.25, 0.3) is 0 Å². The molecule has 0 radical (unpaired) electrons. The molecular formula is C16H22BCrF4-. The van der Waals surface area contributed by atoms with Gasteiger partial charge < -0.3 is 17.3 Å². The maximum Gasteiger partial charge on any atom is 0.673 e. The van der Waals surface area contributed by atoms with E-state index in [1.54, 1.807) is 20.0 Å². The van der Waals surface area contributed by atoms with Gasteiger partial charge in [0.1, 0.15) is 0 Å². The fourth-order valence-electron chi connectivity index (χ4n) is 2.39. The van der Waals surface area contributed by atoms with Gasteiger partial charge in [-0.3, -0.25) is 0 Å². The van der Waals surface area contributed by atoms with E-state index in [-0.39, 0.29) is 0 Å². The van der Waals surface area contributed by atoms with Gasteiger partial charge in [-0.2, -0.15) is 0 Å². The van der Waals surface area contributed by atoms with Gasteiger partial charge in [-0.05, 0) is 0 Å². The van der Waals surface area contributed by atoms with E-state index < -0.39 is 7.25 Å². The third-order valence-corrected chi connectivity index (χ3v) is 5.36. The van der Waals surface area contributed by atoms with Crippen molar-refractivity contribution < 1.29 is 32.5 Å². The zero-order valence-corrected chi connectivity index (χ0v) is 14.7. The summed E-state index contributed by atoms with van der Waals surface area (Å²) in [6.45, 7) is 9.24. The number of allylic oxidation sites excluding steroid dienone is 8. The van der Waals surface area contributed by atoms with E-state index >= 15 is 0 Å². The fourth-order valence-corrected chi connectivity index (χ4v) is 4.73. The summed E-state index contributed by atoms with van der Waals surface area (Å²) in [5.74, 6) is 1.37. The van der Waals surface area contributed by atoms with Crippen LogP contribution in [0.3, 0.4) is 0 Å². The number of rotatable bonds is 4. The van der Waals surface area contributed by atoms with Crippen molar-refractivity contribution in [1.29, 1.82) is 0 Å². The zero-order valence-electron chi connectivity index (χ0n) is 13.4. The largest absolute Gasteiger partial charge is 0.673 e. The van der Waals surface area contributed by atoms with Crippen LogP contribution in [-0.4, -0.2) is 7.25 Å². The van der Waals surface area contributed by atoms with Gasteiger partial charge in [0.2, 0.25) is 0 Å². The minimum atomic E-state index is -6.00. The fraction of sp³-hybridized carbons (Fsp3) is 0.500. The average molecular weight is 353 g/mol. The van der Waals surface area contributed by atoms with E-state index in [2.05, 4.69) is 52.0 Å². The van der Waals surface area contributed by atoms with E-state index in [9.17, 15) is 17.3 Å². The van der Waals surface area contributed by atoms with Gasteiger partial charge in [-0.25, -0.2) is 0 Å². The van der Waals surface area contributed by atoms with Crippen LogP contribution in [0.1, 0.15) is 40.5 Å². The molecule has 0 spiro atoms. The van der Waals surface area contributed by atoms with Crippen molar-refractivity contribution in [3.05, 3.63) is 44.3 Å². The Balaban J connectivity index is 0.000000422. The molecule has 0 aromatic rings. The standard InChI is InChI=1S/2C8H11.BF4.Cr/c2*1-7(2)8-5-3-4-6-8;2-1(3,4)5;/h2*3,5,7H,4H2,1-2H3;;/q;;-1;. The first kappa shape index (κ1) is 19.3. The number of hydrogen-bond acceptors (Lipinski definition) is 0. The summed E-state index contributed by atoms with van der Waals surface area (Å²) in [5.41, 5.74) is 3.21. The topological polar surface area (TPSA) is 0 Å². The molecule has 0 aromatic carbocycles. The molecule has 0 saturated carbocycles. The Morgan fingerprint density at radius 3 is 1.41 bits per heavy atom. The first-order valence-electron chi connectivity index (χ1n) is 7.44. The monoisotopic (exact) mass is 353 g/mol. The van der Waals surface area contributed by atoms with Crippen LogP contribution >= 0.6 is 0 Å². The summed E-state index contributed by atoms with van der Waals surface area (Å²) < 4.78 is 42.4. The predicted molar refractivity (Wildman–Crippen MR) is 81.4 cm³/mol. The Bertz CT molecular complexity index is 465. The maximum atomic E-state index is 9.75. The Kier molecular flexibility index (Phi) is 7.22. The summed E-state index contributed by atoms with van der Waals surface area (Å²) in [4.78, 5) is 0. The molecule has 0 atom stereocenters. The SMILES string of the molecule is CC(C)C1=[C]([Cr][C]2=C(C(C)C)C=CC2)CC=C1.F[B-](F)(F)F. The third kappa shape index (κ3) is 6.58. The normalized spacial score (nSPS) is 17.9. The molecule has 2 aliphatic rings. The third-order valence-electron chi connectivity index (χ3n) is 3.34. The molecule has 2 rings (SSSR count). The molecule has 0 heterocycles. The van der Waals surface area contributed by atoms with Gasteiger partial charge in [-0.15, -0.1) is 0 Å². The molecule has 6 heteroatoms. The Labute approximate surface area is 136 Å². The smallest absolute Gasteiger partial charge is 0.418 e. The second kappa shape index (κ2) is 8.22. The minimum Gasteiger partial charge on any atom is -0.418 e. The first-order chi connectivity index (χ1) is 10.1. The van der Waals surface area contributed by atoms with Gasteiger partial charge in [0.05, 0.1) is 0 Å². The predicted octanol–water partition coefficient (Wildman–Crippen LogP) is 6.11. The van der Waals surface area contributed by atoms with Crippen molar-refractivity contribution in [2.45, 2.75) is 40.5 Å². The van der Waals surface area contributed by atoms with E-state index in [0.29, 0.717) is 27.1 Å². The second-order valence-electron chi connectivity index (χ2n) is 5.88. The summed E-state index contributed by atoms with van der Waals surface area (Å²) in [6.07, 6.45) is 11.8.